The topological polar surface area (TPSA) is 64.1 Å². The highest BCUT2D eigenvalue weighted by atomic mass is 32.2. The number of carbonyl (C=O) groups is 1. The summed E-state index contributed by atoms with van der Waals surface area (Å²) in [7, 11) is 0. The molecule has 0 aliphatic rings. The van der Waals surface area contributed by atoms with Crippen LogP contribution >= 0.6 is 23.1 Å². The van der Waals surface area contributed by atoms with Crippen LogP contribution in [0.15, 0.2) is 28.6 Å². The van der Waals surface area contributed by atoms with E-state index in [1.807, 2.05) is 20.8 Å². The maximum atomic E-state index is 12.8. The Hall–Kier alpha value is -1.67. The van der Waals surface area contributed by atoms with Crippen LogP contribution in [-0.2, 0) is 16.1 Å². The average molecular weight is 355 g/mol. The van der Waals surface area contributed by atoms with Crippen LogP contribution in [0.4, 0.5) is 9.52 Å². The predicted molar refractivity (Wildman–Crippen MR) is 90.2 cm³/mol. The summed E-state index contributed by atoms with van der Waals surface area (Å²) in [5.41, 5.74) is 0.463. The quantitative estimate of drug-likeness (QED) is 0.629. The molecule has 0 saturated carbocycles. The lowest BCUT2D eigenvalue weighted by atomic mass is 10.2. The molecule has 5 nitrogen and oxygen atoms in total. The number of carbonyl (C=O) groups excluding carboxylic acids is 1. The summed E-state index contributed by atoms with van der Waals surface area (Å²) in [6.07, 6.45) is 0. The van der Waals surface area contributed by atoms with E-state index in [2.05, 4.69) is 15.5 Å². The molecule has 0 aliphatic carbocycles. The first kappa shape index (κ1) is 17.7. The second kappa shape index (κ2) is 7.74. The fraction of sp³-hybridized carbons (Fsp3) is 0.400. The Morgan fingerprint density at radius 3 is 2.65 bits per heavy atom. The Morgan fingerprint density at radius 1 is 1.30 bits per heavy atom. The number of halogens is 1. The van der Waals surface area contributed by atoms with E-state index < -0.39 is 5.60 Å². The van der Waals surface area contributed by atoms with Gasteiger partial charge in [-0.15, -0.1) is 10.2 Å². The molecule has 0 radical (unpaired) electrons. The normalized spacial score (nSPS) is 11.3. The van der Waals surface area contributed by atoms with E-state index in [1.165, 1.54) is 35.2 Å². The Bertz CT molecular complexity index is 653. The molecule has 0 aliphatic heterocycles. The molecule has 124 valence electrons. The molecule has 0 saturated heterocycles. The van der Waals surface area contributed by atoms with Gasteiger partial charge in [-0.1, -0.05) is 35.2 Å². The minimum absolute atomic E-state index is 0.198. The summed E-state index contributed by atoms with van der Waals surface area (Å²) in [6.45, 7) is 6.03. The van der Waals surface area contributed by atoms with Gasteiger partial charge >= 0.3 is 5.97 Å². The Morgan fingerprint density at radius 2 is 2.00 bits per heavy atom. The van der Waals surface area contributed by atoms with Crippen molar-refractivity contribution in [3.8, 4) is 0 Å². The number of hydrogen-bond donors (Lipinski definition) is 1. The zero-order valence-corrected chi connectivity index (χ0v) is 14.8. The molecule has 8 heteroatoms. The van der Waals surface area contributed by atoms with Gasteiger partial charge in [0.05, 0.1) is 5.75 Å². The van der Waals surface area contributed by atoms with Gasteiger partial charge in [0, 0.05) is 6.54 Å². The maximum Gasteiger partial charge on any atom is 0.316 e. The molecule has 0 bridgehead atoms. The van der Waals surface area contributed by atoms with Crippen molar-refractivity contribution in [3.63, 3.8) is 0 Å². The molecule has 2 rings (SSSR count). The maximum absolute atomic E-state index is 12.8. The molecule has 0 atom stereocenters. The van der Waals surface area contributed by atoms with Gasteiger partial charge in [-0.2, -0.15) is 0 Å². The molecule has 0 fully saturated rings. The number of anilines is 1. The summed E-state index contributed by atoms with van der Waals surface area (Å²) in [5.74, 6) is -0.340. The van der Waals surface area contributed by atoms with E-state index in [4.69, 9.17) is 4.74 Å². The number of nitrogens with one attached hydrogen (secondary N) is 1. The SMILES string of the molecule is CC(C)(C)OC(=O)CSc1nnc(NCc2ccc(F)cc2)s1. The molecule has 0 spiro atoms. The predicted octanol–water partition coefficient (Wildman–Crippen LogP) is 3.72. The van der Waals surface area contributed by atoms with E-state index in [0.29, 0.717) is 16.0 Å². The molecular formula is C15H18FN3O2S2. The van der Waals surface area contributed by atoms with E-state index in [1.54, 1.807) is 12.1 Å². The molecule has 1 N–H and O–H groups in total. The molecule has 2 aromatic rings. The van der Waals surface area contributed by atoms with Crippen molar-refractivity contribution in [1.29, 1.82) is 0 Å². The van der Waals surface area contributed by atoms with Crippen molar-refractivity contribution in [2.45, 2.75) is 37.3 Å². The highest BCUT2D eigenvalue weighted by molar-refractivity contribution is 8.01. The summed E-state index contributed by atoms with van der Waals surface area (Å²) < 4.78 is 18.7. The fourth-order valence-electron chi connectivity index (χ4n) is 1.61. The van der Waals surface area contributed by atoms with Crippen molar-refractivity contribution in [1.82, 2.24) is 10.2 Å². The first-order chi connectivity index (χ1) is 10.8. The number of thioether (sulfide) groups is 1. The molecule has 0 unspecified atom stereocenters. The van der Waals surface area contributed by atoms with Crippen LogP contribution in [-0.4, -0.2) is 27.5 Å². The van der Waals surface area contributed by atoms with Crippen LogP contribution in [0.2, 0.25) is 0 Å². The van der Waals surface area contributed by atoms with Crippen LogP contribution in [0, 0.1) is 5.82 Å². The smallest absolute Gasteiger partial charge is 0.316 e. The van der Waals surface area contributed by atoms with Crippen molar-refractivity contribution in [3.05, 3.63) is 35.6 Å². The average Bonchev–Trinajstić information content (AvgIpc) is 2.91. The van der Waals surface area contributed by atoms with Gasteiger partial charge in [0.2, 0.25) is 5.13 Å². The lowest BCUT2D eigenvalue weighted by molar-refractivity contribution is -0.151. The highest BCUT2D eigenvalue weighted by Gasteiger charge is 2.17. The summed E-state index contributed by atoms with van der Waals surface area (Å²) >= 11 is 2.66. The Labute approximate surface area is 142 Å². The lowest BCUT2D eigenvalue weighted by Gasteiger charge is -2.18. The van der Waals surface area contributed by atoms with Crippen LogP contribution < -0.4 is 5.32 Å². The van der Waals surface area contributed by atoms with E-state index in [0.717, 1.165) is 5.56 Å². The van der Waals surface area contributed by atoms with Gasteiger partial charge in [-0.3, -0.25) is 4.79 Å². The van der Waals surface area contributed by atoms with E-state index in [-0.39, 0.29) is 17.5 Å². The Balaban J connectivity index is 1.79. The van der Waals surface area contributed by atoms with Gasteiger partial charge in [-0.25, -0.2) is 4.39 Å². The number of rotatable bonds is 6. The lowest BCUT2D eigenvalue weighted by Crippen LogP contribution is -2.24. The van der Waals surface area contributed by atoms with Crippen LogP contribution in [0.3, 0.4) is 0 Å². The first-order valence-electron chi connectivity index (χ1n) is 6.98. The van der Waals surface area contributed by atoms with E-state index in [9.17, 15) is 9.18 Å². The van der Waals surface area contributed by atoms with Crippen molar-refractivity contribution >= 4 is 34.2 Å². The van der Waals surface area contributed by atoms with Crippen LogP contribution in [0.5, 0.6) is 0 Å². The zero-order chi connectivity index (χ0) is 16.9. The molecule has 1 aromatic carbocycles. The minimum Gasteiger partial charge on any atom is -0.459 e. The molecule has 1 heterocycles. The highest BCUT2D eigenvalue weighted by Crippen LogP contribution is 2.26. The van der Waals surface area contributed by atoms with Crippen molar-refractivity contribution in [2.75, 3.05) is 11.1 Å². The summed E-state index contributed by atoms with van der Waals surface area (Å²) in [5, 5.41) is 11.8. The fourth-order valence-corrected chi connectivity index (χ4v) is 3.13. The van der Waals surface area contributed by atoms with Gasteiger partial charge in [0.1, 0.15) is 11.4 Å². The van der Waals surface area contributed by atoms with Gasteiger partial charge in [-0.05, 0) is 38.5 Å². The third-order valence-electron chi connectivity index (χ3n) is 2.50. The third-order valence-corrected chi connectivity index (χ3v) is 4.48. The number of aromatic nitrogens is 2. The minimum atomic E-state index is -0.485. The third kappa shape index (κ3) is 6.54. The molecule has 23 heavy (non-hydrogen) atoms. The first-order valence-corrected chi connectivity index (χ1v) is 8.78. The molecule has 0 amide bonds. The number of esters is 1. The number of ether oxygens (including phenoxy) is 1. The van der Waals surface area contributed by atoms with Crippen molar-refractivity contribution in [2.24, 2.45) is 0 Å². The number of hydrogen-bond acceptors (Lipinski definition) is 7. The number of nitrogens with zero attached hydrogens (tertiary/aromatic N) is 2. The van der Waals surface area contributed by atoms with Crippen LogP contribution in [0.25, 0.3) is 0 Å². The molecular weight excluding hydrogens is 337 g/mol. The summed E-state index contributed by atoms with van der Waals surface area (Å²) in [4.78, 5) is 11.6. The van der Waals surface area contributed by atoms with E-state index >= 15 is 0 Å². The standard InChI is InChI=1S/C15H18FN3O2S2/c1-15(2,3)21-12(20)9-22-14-19-18-13(23-14)17-8-10-4-6-11(16)7-5-10/h4-7H,8-9H2,1-3H3,(H,17,18). The molecule has 1 aromatic heterocycles. The number of benzene rings is 1. The largest absolute Gasteiger partial charge is 0.459 e. The van der Waals surface area contributed by atoms with Crippen LogP contribution in [0.1, 0.15) is 26.3 Å². The Kier molecular flexibility index (Phi) is 5.95. The second-order valence-corrected chi connectivity index (χ2v) is 7.93. The van der Waals surface area contributed by atoms with Gasteiger partial charge < -0.3 is 10.1 Å². The second-order valence-electron chi connectivity index (χ2n) is 5.73. The van der Waals surface area contributed by atoms with Gasteiger partial charge in [0.25, 0.3) is 0 Å². The zero-order valence-electron chi connectivity index (χ0n) is 13.1. The summed E-state index contributed by atoms with van der Waals surface area (Å²) in [6, 6.07) is 6.25. The van der Waals surface area contributed by atoms with Crippen molar-refractivity contribution < 1.29 is 13.9 Å². The van der Waals surface area contributed by atoms with Gasteiger partial charge in [0.15, 0.2) is 4.34 Å². The monoisotopic (exact) mass is 355 g/mol.